The van der Waals surface area contributed by atoms with E-state index in [0.717, 1.165) is 5.56 Å². The van der Waals surface area contributed by atoms with Crippen molar-refractivity contribution < 1.29 is 17.9 Å². The molecule has 3 rings (SSSR count). The van der Waals surface area contributed by atoms with Gasteiger partial charge in [-0.15, -0.1) is 0 Å². The minimum Gasteiger partial charge on any atom is -0.497 e. The quantitative estimate of drug-likeness (QED) is 0.591. The van der Waals surface area contributed by atoms with Gasteiger partial charge in [-0.1, -0.05) is 29.8 Å². The molecule has 0 fully saturated rings. The molecule has 0 spiro atoms. The third-order valence-corrected chi connectivity index (χ3v) is 5.93. The molecule has 0 heterocycles. The van der Waals surface area contributed by atoms with Gasteiger partial charge in [-0.3, -0.25) is 9.52 Å². The molecule has 1 amide bonds. The van der Waals surface area contributed by atoms with Gasteiger partial charge in [-0.05, 0) is 60.2 Å². The van der Waals surface area contributed by atoms with Crippen molar-refractivity contribution >= 4 is 33.2 Å². The van der Waals surface area contributed by atoms with E-state index in [-0.39, 0.29) is 10.8 Å². The second kappa shape index (κ2) is 8.98. The van der Waals surface area contributed by atoms with E-state index in [1.54, 1.807) is 30.3 Å². The Hall–Kier alpha value is -3.03. The van der Waals surface area contributed by atoms with Gasteiger partial charge in [0.2, 0.25) is 0 Å². The molecule has 150 valence electrons. The summed E-state index contributed by atoms with van der Waals surface area (Å²) in [5.41, 5.74) is 1.57. The zero-order valence-corrected chi connectivity index (χ0v) is 17.1. The first kappa shape index (κ1) is 20.7. The van der Waals surface area contributed by atoms with Gasteiger partial charge >= 0.3 is 0 Å². The summed E-state index contributed by atoms with van der Waals surface area (Å²) in [6.07, 6.45) is 0. The van der Waals surface area contributed by atoms with Crippen LogP contribution in [-0.2, 0) is 16.6 Å². The van der Waals surface area contributed by atoms with Gasteiger partial charge in [0.25, 0.3) is 15.9 Å². The van der Waals surface area contributed by atoms with E-state index in [9.17, 15) is 13.2 Å². The van der Waals surface area contributed by atoms with Crippen LogP contribution in [0, 0.1) is 0 Å². The number of sulfonamides is 1. The molecule has 0 aromatic heterocycles. The average molecular weight is 431 g/mol. The minimum atomic E-state index is -3.74. The van der Waals surface area contributed by atoms with E-state index in [4.69, 9.17) is 16.3 Å². The number of hydrogen-bond donors (Lipinski definition) is 2. The second-order valence-electron chi connectivity index (χ2n) is 6.13. The predicted molar refractivity (Wildman–Crippen MR) is 113 cm³/mol. The number of amides is 1. The molecule has 8 heteroatoms. The summed E-state index contributed by atoms with van der Waals surface area (Å²) >= 11 is 6.08. The number of ether oxygens (including phenoxy) is 1. The van der Waals surface area contributed by atoms with E-state index in [0.29, 0.717) is 28.6 Å². The maximum atomic E-state index is 12.5. The highest BCUT2D eigenvalue weighted by molar-refractivity contribution is 7.92. The fraction of sp³-hybridized carbons (Fsp3) is 0.0952. The van der Waals surface area contributed by atoms with E-state index in [1.807, 2.05) is 18.2 Å². The van der Waals surface area contributed by atoms with Crippen molar-refractivity contribution in [2.45, 2.75) is 11.4 Å². The third-order valence-electron chi connectivity index (χ3n) is 4.17. The summed E-state index contributed by atoms with van der Waals surface area (Å²) in [6, 6.07) is 19.5. The molecule has 0 radical (unpaired) electrons. The van der Waals surface area contributed by atoms with E-state index >= 15 is 0 Å². The van der Waals surface area contributed by atoms with Gasteiger partial charge in [0, 0.05) is 22.8 Å². The molecule has 2 N–H and O–H groups in total. The van der Waals surface area contributed by atoms with Crippen molar-refractivity contribution in [3.63, 3.8) is 0 Å². The van der Waals surface area contributed by atoms with Crippen LogP contribution in [0.5, 0.6) is 5.75 Å². The van der Waals surface area contributed by atoms with Crippen molar-refractivity contribution in [3.05, 3.63) is 88.9 Å². The number of methoxy groups -OCH3 is 1. The molecule has 0 bridgehead atoms. The Labute approximate surface area is 174 Å². The van der Waals surface area contributed by atoms with Gasteiger partial charge in [-0.2, -0.15) is 0 Å². The van der Waals surface area contributed by atoms with Crippen LogP contribution in [0.25, 0.3) is 0 Å². The molecular weight excluding hydrogens is 412 g/mol. The highest BCUT2D eigenvalue weighted by Crippen LogP contribution is 2.20. The summed E-state index contributed by atoms with van der Waals surface area (Å²) in [7, 11) is -2.24. The number of carbonyl (C=O) groups is 1. The SMILES string of the molecule is COc1ccc(S(=O)(=O)Nc2ccc(C(=O)NCc3ccccc3Cl)cc2)cc1. The lowest BCUT2D eigenvalue weighted by Gasteiger charge is -2.10. The van der Waals surface area contributed by atoms with Crippen LogP contribution in [0.4, 0.5) is 5.69 Å². The monoisotopic (exact) mass is 430 g/mol. The van der Waals surface area contributed by atoms with Gasteiger partial charge in [0.1, 0.15) is 5.75 Å². The van der Waals surface area contributed by atoms with Crippen molar-refractivity contribution in [2.24, 2.45) is 0 Å². The molecular formula is C21H19ClN2O4S. The smallest absolute Gasteiger partial charge is 0.261 e. The van der Waals surface area contributed by atoms with Crippen LogP contribution >= 0.6 is 11.6 Å². The normalized spacial score (nSPS) is 11.0. The lowest BCUT2D eigenvalue weighted by Crippen LogP contribution is -2.23. The average Bonchev–Trinajstić information content (AvgIpc) is 2.73. The third kappa shape index (κ3) is 5.28. The number of benzene rings is 3. The predicted octanol–water partition coefficient (Wildman–Crippen LogP) is 4.08. The Bertz CT molecular complexity index is 1100. The molecule has 0 aliphatic heterocycles. The van der Waals surface area contributed by atoms with E-state index in [1.165, 1.54) is 31.4 Å². The lowest BCUT2D eigenvalue weighted by molar-refractivity contribution is 0.0951. The van der Waals surface area contributed by atoms with E-state index in [2.05, 4.69) is 10.0 Å². The topological polar surface area (TPSA) is 84.5 Å². The highest BCUT2D eigenvalue weighted by Gasteiger charge is 2.15. The molecule has 0 saturated carbocycles. The molecule has 29 heavy (non-hydrogen) atoms. The summed E-state index contributed by atoms with van der Waals surface area (Å²) in [4.78, 5) is 12.4. The van der Waals surface area contributed by atoms with Crippen molar-refractivity contribution in [2.75, 3.05) is 11.8 Å². The molecule has 0 saturated heterocycles. The zero-order valence-electron chi connectivity index (χ0n) is 15.6. The molecule has 0 atom stereocenters. The maximum absolute atomic E-state index is 12.5. The first-order chi connectivity index (χ1) is 13.9. The van der Waals surface area contributed by atoms with Crippen molar-refractivity contribution in [3.8, 4) is 5.75 Å². The standard InChI is InChI=1S/C21H19ClN2O4S/c1-28-18-10-12-19(13-11-18)29(26,27)24-17-8-6-15(7-9-17)21(25)23-14-16-4-2-3-5-20(16)22/h2-13,24H,14H2,1H3,(H,23,25). The number of halogens is 1. The number of carbonyl (C=O) groups excluding carboxylic acids is 1. The van der Waals surface area contributed by atoms with Crippen LogP contribution in [0.3, 0.4) is 0 Å². The Balaban J connectivity index is 1.64. The number of rotatable bonds is 7. The molecule has 0 aliphatic carbocycles. The van der Waals surface area contributed by atoms with Crippen LogP contribution in [0.2, 0.25) is 5.02 Å². The van der Waals surface area contributed by atoms with Gasteiger partial charge in [0.05, 0.1) is 12.0 Å². The number of nitrogens with one attached hydrogen (secondary N) is 2. The van der Waals surface area contributed by atoms with Gasteiger partial charge < -0.3 is 10.1 Å². The molecule has 6 nitrogen and oxygen atoms in total. The largest absolute Gasteiger partial charge is 0.497 e. The first-order valence-corrected chi connectivity index (χ1v) is 10.5. The summed E-state index contributed by atoms with van der Waals surface area (Å²) in [6.45, 7) is 0.296. The van der Waals surface area contributed by atoms with Crippen molar-refractivity contribution in [1.82, 2.24) is 5.32 Å². The van der Waals surface area contributed by atoms with Crippen LogP contribution in [-0.4, -0.2) is 21.4 Å². The Morgan fingerprint density at radius 2 is 1.62 bits per heavy atom. The van der Waals surface area contributed by atoms with Crippen LogP contribution in [0.1, 0.15) is 15.9 Å². The van der Waals surface area contributed by atoms with E-state index < -0.39 is 10.0 Å². The molecule has 3 aromatic rings. The Morgan fingerprint density at radius 1 is 0.966 bits per heavy atom. The van der Waals surface area contributed by atoms with Crippen LogP contribution < -0.4 is 14.8 Å². The summed E-state index contributed by atoms with van der Waals surface area (Å²) in [5.74, 6) is 0.283. The molecule has 0 unspecified atom stereocenters. The Morgan fingerprint density at radius 3 is 2.24 bits per heavy atom. The number of anilines is 1. The molecule has 0 aliphatic rings. The molecule has 3 aromatic carbocycles. The van der Waals surface area contributed by atoms with Gasteiger partial charge in [0.15, 0.2) is 0 Å². The fourth-order valence-corrected chi connectivity index (χ4v) is 3.84. The van der Waals surface area contributed by atoms with Gasteiger partial charge in [-0.25, -0.2) is 8.42 Å². The summed E-state index contributed by atoms with van der Waals surface area (Å²) in [5, 5.41) is 3.37. The zero-order chi connectivity index (χ0) is 20.9. The number of hydrogen-bond acceptors (Lipinski definition) is 4. The van der Waals surface area contributed by atoms with Crippen LogP contribution in [0.15, 0.2) is 77.7 Å². The lowest BCUT2D eigenvalue weighted by atomic mass is 10.2. The minimum absolute atomic E-state index is 0.111. The Kier molecular flexibility index (Phi) is 6.41. The maximum Gasteiger partial charge on any atom is 0.261 e. The first-order valence-electron chi connectivity index (χ1n) is 8.67. The second-order valence-corrected chi connectivity index (χ2v) is 8.22. The summed E-state index contributed by atoms with van der Waals surface area (Å²) < 4.78 is 32.5. The highest BCUT2D eigenvalue weighted by atomic mass is 35.5. The fourth-order valence-electron chi connectivity index (χ4n) is 2.58. The van der Waals surface area contributed by atoms with Crippen molar-refractivity contribution in [1.29, 1.82) is 0 Å².